The van der Waals surface area contributed by atoms with E-state index in [4.69, 9.17) is 5.73 Å². The van der Waals surface area contributed by atoms with Gasteiger partial charge in [-0.2, -0.15) is 0 Å². The molecule has 0 heterocycles. The second-order valence-corrected chi connectivity index (χ2v) is 6.97. The third-order valence-electron chi connectivity index (χ3n) is 5.78. The number of hydrogen-bond acceptors (Lipinski definition) is 1. The third-order valence-corrected chi connectivity index (χ3v) is 5.78. The lowest BCUT2D eigenvalue weighted by molar-refractivity contribution is 0.295. The van der Waals surface area contributed by atoms with E-state index in [1.54, 1.807) is 11.1 Å². The van der Waals surface area contributed by atoms with Crippen molar-refractivity contribution in [1.29, 1.82) is 0 Å². The van der Waals surface area contributed by atoms with Crippen LogP contribution in [0.1, 0.15) is 81.3 Å². The molecule has 2 saturated carbocycles. The van der Waals surface area contributed by atoms with Crippen molar-refractivity contribution in [2.45, 2.75) is 75.5 Å². The summed E-state index contributed by atoms with van der Waals surface area (Å²) >= 11 is 0. The molecule has 0 saturated heterocycles. The van der Waals surface area contributed by atoms with Gasteiger partial charge in [0.05, 0.1) is 0 Å². The lowest BCUT2D eigenvalue weighted by atomic mass is 9.66. The molecule has 2 fully saturated rings. The fourth-order valence-electron chi connectivity index (χ4n) is 4.56. The average Bonchev–Trinajstić information content (AvgIpc) is 2.56. The van der Waals surface area contributed by atoms with Crippen LogP contribution in [-0.4, -0.2) is 6.54 Å². The molecular formula is C19H29N. The summed E-state index contributed by atoms with van der Waals surface area (Å²) in [7, 11) is 0. The van der Waals surface area contributed by atoms with Crippen LogP contribution in [0.2, 0.25) is 0 Å². The van der Waals surface area contributed by atoms with Gasteiger partial charge in [-0.05, 0) is 42.7 Å². The van der Waals surface area contributed by atoms with Gasteiger partial charge < -0.3 is 5.73 Å². The van der Waals surface area contributed by atoms with Crippen LogP contribution in [-0.2, 0) is 5.41 Å². The lowest BCUT2D eigenvalue weighted by Crippen LogP contribution is -2.38. The van der Waals surface area contributed by atoms with Crippen molar-refractivity contribution >= 4 is 0 Å². The first-order valence-corrected chi connectivity index (χ1v) is 8.65. The molecule has 1 aromatic carbocycles. The summed E-state index contributed by atoms with van der Waals surface area (Å²) in [4.78, 5) is 0. The van der Waals surface area contributed by atoms with Crippen molar-refractivity contribution in [3.8, 4) is 0 Å². The van der Waals surface area contributed by atoms with Crippen LogP contribution < -0.4 is 5.73 Å². The first-order chi connectivity index (χ1) is 9.86. The Hall–Kier alpha value is -0.820. The quantitative estimate of drug-likeness (QED) is 0.831. The number of rotatable bonds is 3. The highest BCUT2D eigenvalue weighted by Gasteiger charge is 2.35. The van der Waals surface area contributed by atoms with Crippen LogP contribution in [0, 0.1) is 0 Å². The average molecular weight is 271 g/mol. The van der Waals surface area contributed by atoms with Gasteiger partial charge in [-0.15, -0.1) is 0 Å². The Morgan fingerprint density at radius 1 is 0.900 bits per heavy atom. The van der Waals surface area contributed by atoms with Crippen molar-refractivity contribution in [2.24, 2.45) is 5.73 Å². The van der Waals surface area contributed by atoms with Crippen LogP contribution in [0.4, 0.5) is 0 Å². The molecule has 0 aliphatic heterocycles. The van der Waals surface area contributed by atoms with Crippen LogP contribution in [0.15, 0.2) is 24.3 Å². The predicted molar refractivity (Wildman–Crippen MR) is 86.1 cm³/mol. The van der Waals surface area contributed by atoms with Gasteiger partial charge in [-0.25, -0.2) is 0 Å². The van der Waals surface area contributed by atoms with E-state index >= 15 is 0 Å². The maximum atomic E-state index is 6.27. The molecule has 0 aromatic heterocycles. The second-order valence-electron chi connectivity index (χ2n) is 6.97. The molecule has 3 rings (SSSR count). The van der Waals surface area contributed by atoms with Gasteiger partial charge in [0.2, 0.25) is 0 Å². The van der Waals surface area contributed by atoms with Gasteiger partial charge in [0, 0.05) is 12.0 Å². The van der Waals surface area contributed by atoms with Gasteiger partial charge in [-0.3, -0.25) is 0 Å². The van der Waals surface area contributed by atoms with E-state index in [2.05, 4.69) is 24.3 Å². The minimum Gasteiger partial charge on any atom is -0.330 e. The normalized spacial score (nSPS) is 23.6. The van der Waals surface area contributed by atoms with E-state index in [1.807, 2.05) is 0 Å². The Bertz CT molecular complexity index is 425. The van der Waals surface area contributed by atoms with Crippen LogP contribution in [0.5, 0.6) is 0 Å². The fraction of sp³-hybridized carbons (Fsp3) is 0.684. The SMILES string of the molecule is NCC1(c2ccccc2C2CCCCC2)CCCCC1. The molecule has 2 aliphatic rings. The molecule has 2 aliphatic carbocycles. The molecule has 0 bridgehead atoms. The Morgan fingerprint density at radius 3 is 2.25 bits per heavy atom. The third kappa shape index (κ3) is 2.65. The van der Waals surface area contributed by atoms with Crippen LogP contribution in [0.3, 0.4) is 0 Å². The molecule has 1 heteroatoms. The summed E-state index contributed by atoms with van der Waals surface area (Å²) in [6.07, 6.45) is 13.7. The first kappa shape index (κ1) is 14.1. The van der Waals surface area contributed by atoms with Crippen molar-refractivity contribution in [3.63, 3.8) is 0 Å². The maximum Gasteiger partial charge on any atom is 0.00783 e. The summed E-state index contributed by atoms with van der Waals surface area (Å²) in [5.41, 5.74) is 9.80. The molecule has 1 nitrogen and oxygen atoms in total. The van der Waals surface area contributed by atoms with Crippen LogP contribution in [0.25, 0.3) is 0 Å². The van der Waals surface area contributed by atoms with Gasteiger partial charge in [0.15, 0.2) is 0 Å². The van der Waals surface area contributed by atoms with Gasteiger partial charge >= 0.3 is 0 Å². The topological polar surface area (TPSA) is 26.0 Å². The van der Waals surface area contributed by atoms with Crippen molar-refractivity contribution in [1.82, 2.24) is 0 Å². The number of benzene rings is 1. The Labute approximate surface area is 124 Å². The molecule has 0 spiro atoms. The highest BCUT2D eigenvalue weighted by Crippen LogP contribution is 2.44. The summed E-state index contributed by atoms with van der Waals surface area (Å²) in [5.74, 6) is 0.797. The van der Waals surface area contributed by atoms with Crippen molar-refractivity contribution < 1.29 is 0 Å². The van der Waals surface area contributed by atoms with E-state index < -0.39 is 0 Å². The van der Waals surface area contributed by atoms with Gasteiger partial charge in [-0.1, -0.05) is 62.8 Å². The molecule has 0 radical (unpaired) electrons. The van der Waals surface area contributed by atoms with E-state index in [-0.39, 0.29) is 5.41 Å². The highest BCUT2D eigenvalue weighted by molar-refractivity contribution is 5.38. The number of nitrogens with two attached hydrogens (primary N) is 1. The molecule has 2 N–H and O–H groups in total. The lowest BCUT2D eigenvalue weighted by Gasteiger charge is -2.40. The van der Waals surface area contributed by atoms with E-state index in [9.17, 15) is 0 Å². The van der Waals surface area contributed by atoms with Gasteiger partial charge in [0.1, 0.15) is 0 Å². The van der Waals surface area contributed by atoms with Gasteiger partial charge in [0.25, 0.3) is 0 Å². The molecule has 110 valence electrons. The fourth-order valence-corrected chi connectivity index (χ4v) is 4.56. The summed E-state index contributed by atoms with van der Waals surface area (Å²) in [6, 6.07) is 9.26. The van der Waals surface area contributed by atoms with E-state index in [1.165, 1.54) is 64.2 Å². The zero-order valence-electron chi connectivity index (χ0n) is 12.7. The largest absolute Gasteiger partial charge is 0.330 e. The zero-order chi connectivity index (χ0) is 13.8. The Kier molecular flexibility index (Phi) is 4.45. The Balaban J connectivity index is 1.95. The summed E-state index contributed by atoms with van der Waals surface area (Å²) < 4.78 is 0. The standard InChI is InChI=1S/C19H29N/c20-15-19(13-7-2-8-14-19)18-12-6-5-11-17(18)16-9-3-1-4-10-16/h5-6,11-12,16H,1-4,7-10,13-15,20H2. The monoisotopic (exact) mass is 271 g/mol. The number of hydrogen-bond donors (Lipinski definition) is 1. The molecule has 0 amide bonds. The van der Waals surface area contributed by atoms with Crippen molar-refractivity contribution in [2.75, 3.05) is 6.54 Å². The first-order valence-electron chi connectivity index (χ1n) is 8.65. The van der Waals surface area contributed by atoms with E-state index in [0.717, 1.165) is 12.5 Å². The molecule has 0 atom stereocenters. The molecule has 20 heavy (non-hydrogen) atoms. The Morgan fingerprint density at radius 2 is 1.55 bits per heavy atom. The van der Waals surface area contributed by atoms with Crippen LogP contribution >= 0.6 is 0 Å². The molecule has 1 aromatic rings. The smallest absolute Gasteiger partial charge is 0.00783 e. The predicted octanol–water partition coefficient (Wildman–Crippen LogP) is 4.89. The van der Waals surface area contributed by atoms with E-state index in [0.29, 0.717) is 0 Å². The minimum absolute atomic E-state index is 0.284. The molecule has 0 unspecified atom stereocenters. The zero-order valence-corrected chi connectivity index (χ0v) is 12.7. The maximum absolute atomic E-state index is 6.27. The molecular weight excluding hydrogens is 242 g/mol. The second kappa shape index (κ2) is 6.30. The summed E-state index contributed by atoms with van der Waals surface area (Å²) in [5, 5.41) is 0. The van der Waals surface area contributed by atoms with Crippen molar-refractivity contribution in [3.05, 3.63) is 35.4 Å². The summed E-state index contributed by atoms with van der Waals surface area (Å²) in [6.45, 7) is 0.830. The minimum atomic E-state index is 0.284. The highest BCUT2D eigenvalue weighted by atomic mass is 14.6.